The minimum Gasteiger partial charge on any atom is -0.507 e. The minimum absolute atomic E-state index is 0.0258. The zero-order valence-electron chi connectivity index (χ0n) is 14.2. The second-order valence-electron chi connectivity index (χ2n) is 6.20. The van der Waals surface area contributed by atoms with Gasteiger partial charge in [0.25, 0.3) is 0 Å². The molecule has 6 heteroatoms. The summed E-state index contributed by atoms with van der Waals surface area (Å²) in [6, 6.07) is 6.10. The molecule has 0 aliphatic rings. The molecule has 3 rings (SSSR count). The van der Waals surface area contributed by atoms with Crippen LogP contribution in [-0.4, -0.2) is 15.3 Å². The molecule has 0 unspecified atom stereocenters. The van der Waals surface area contributed by atoms with Crippen molar-refractivity contribution >= 4 is 11.0 Å². The molecule has 0 atom stereocenters. The van der Waals surface area contributed by atoms with Crippen LogP contribution < -0.4 is 5.43 Å². The molecule has 3 N–H and O–H groups in total. The first kappa shape index (κ1) is 17.5. The van der Waals surface area contributed by atoms with E-state index in [-0.39, 0.29) is 28.9 Å². The molecule has 0 aliphatic heterocycles. The number of rotatable bonds is 3. The van der Waals surface area contributed by atoms with Crippen LogP contribution >= 0.6 is 0 Å². The zero-order chi connectivity index (χ0) is 19.0. The Morgan fingerprint density at radius 3 is 2.38 bits per heavy atom. The van der Waals surface area contributed by atoms with Crippen molar-refractivity contribution in [3.8, 4) is 28.6 Å². The van der Waals surface area contributed by atoms with Gasteiger partial charge in [0.05, 0.1) is 0 Å². The molecule has 2 aromatic carbocycles. The summed E-state index contributed by atoms with van der Waals surface area (Å²) in [5.74, 6) is -2.06. The third kappa shape index (κ3) is 3.01. The fourth-order valence-electron chi connectivity index (χ4n) is 2.68. The summed E-state index contributed by atoms with van der Waals surface area (Å²) < 4.78 is 18.9. The van der Waals surface area contributed by atoms with E-state index in [1.807, 2.05) is 19.9 Å². The Kier molecular flexibility index (Phi) is 4.42. The highest BCUT2D eigenvalue weighted by atomic mass is 19.1. The molecule has 0 aliphatic carbocycles. The maximum absolute atomic E-state index is 13.2. The fraction of sp³-hybridized carbons (Fsp3) is 0.150. The summed E-state index contributed by atoms with van der Waals surface area (Å²) >= 11 is 0. The Labute approximate surface area is 148 Å². The van der Waals surface area contributed by atoms with Gasteiger partial charge in [0.15, 0.2) is 5.76 Å². The lowest BCUT2D eigenvalue weighted by atomic mass is 10.0. The van der Waals surface area contributed by atoms with E-state index in [0.29, 0.717) is 11.1 Å². The number of aromatic hydroxyl groups is 3. The Morgan fingerprint density at radius 1 is 1.12 bits per heavy atom. The molecule has 0 bridgehead atoms. The summed E-state index contributed by atoms with van der Waals surface area (Å²) in [6.07, 6.45) is 2.09. The van der Waals surface area contributed by atoms with Crippen LogP contribution in [0.4, 0.5) is 4.39 Å². The number of benzene rings is 2. The van der Waals surface area contributed by atoms with Gasteiger partial charge in [-0.1, -0.05) is 11.6 Å². The predicted molar refractivity (Wildman–Crippen MR) is 96.0 cm³/mol. The van der Waals surface area contributed by atoms with Gasteiger partial charge < -0.3 is 19.7 Å². The van der Waals surface area contributed by atoms with Crippen molar-refractivity contribution in [3.05, 3.63) is 63.6 Å². The normalized spacial score (nSPS) is 10.9. The van der Waals surface area contributed by atoms with E-state index < -0.39 is 22.7 Å². The Balaban J connectivity index is 2.37. The number of phenolic OH excluding ortho intramolecular Hbond substituents is 2. The number of allylic oxidation sites excluding steroid dienone is 2. The summed E-state index contributed by atoms with van der Waals surface area (Å²) in [5, 5.41) is 30.3. The lowest BCUT2D eigenvalue weighted by Crippen LogP contribution is -2.05. The zero-order valence-corrected chi connectivity index (χ0v) is 14.2. The van der Waals surface area contributed by atoms with Crippen molar-refractivity contribution in [3.63, 3.8) is 0 Å². The van der Waals surface area contributed by atoms with Gasteiger partial charge in [-0.15, -0.1) is 0 Å². The number of fused-ring (bicyclic) bond motifs is 1. The monoisotopic (exact) mass is 356 g/mol. The van der Waals surface area contributed by atoms with Gasteiger partial charge in [-0.05, 0) is 44.5 Å². The molecule has 0 saturated heterocycles. The Hall–Kier alpha value is -3.28. The van der Waals surface area contributed by atoms with Gasteiger partial charge in [0, 0.05) is 17.2 Å². The molecule has 0 fully saturated rings. The van der Waals surface area contributed by atoms with Crippen molar-refractivity contribution in [2.24, 2.45) is 0 Å². The van der Waals surface area contributed by atoms with Crippen LogP contribution in [0, 0.1) is 5.82 Å². The lowest BCUT2D eigenvalue weighted by molar-refractivity contribution is 0.435. The lowest BCUT2D eigenvalue weighted by Gasteiger charge is -2.11. The molecule has 0 saturated carbocycles. The Bertz CT molecular complexity index is 1070. The molecular weight excluding hydrogens is 339 g/mol. The van der Waals surface area contributed by atoms with Crippen molar-refractivity contribution in [1.82, 2.24) is 0 Å². The average molecular weight is 356 g/mol. The molecule has 1 heterocycles. The highest BCUT2D eigenvalue weighted by Gasteiger charge is 2.22. The van der Waals surface area contributed by atoms with Gasteiger partial charge in [-0.2, -0.15) is 0 Å². The molecule has 134 valence electrons. The van der Waals surface area contributed by atoms with E-state index in [4.69, 9.17) is 4.42 Å². The van der Waals surface area contributed by atoms with Crippen molar-refractivity contribution in [2.75, 3.05) is 0 Å². The van der Waals surface area contributed by atoms with E-state index in [9.17, 15) is 24.5 Å². The number of phenols is 2. The van der Waals surface area contributed by atoms with Crippen molar-refractivity contribution in [2.45, 2.75) is 20.3 Å². The SMILES string of the molecule is CC(C)=CCc1c(O)cc(O)c2c(=O)c(O)c(-c3ccc(F)cc3)oc12. The predicted octanol–water partition coefficient (Wildman–Crippen LogP) is 4.22. The minimum atomic E-state index is -0.832. The van der Waals surface area contributed by atoms with E-state index >= 15 is 0 Å². The molecule has 5 nitrogen and oxygen atoms in total. The fourth-order valence-corrected chi connectivity index (χ4v) is 2.68. The maximum atomic E-state index is 13.2. The van der Waals surface area contributed by atoms with Gasteiger partial charge in [0.1, 0.15) is 28.3 Å². The smallest absolute Gasteiger partial charge is 0.238 e. The van der Waals surface area contributed by atoms with Crippen molar-refractivity contribution < 1.29 is 24.1 Å². The topological polar surface area (TPSA) is 90.9 Å². The first-order chi connectivity index (χ1) is 12.3. The second-order valence-corrected chi connectivity index (χ2v) is 6.20. The van der Waals surface area contributed by atoms with Gasteiger partial charge in [-0.25, -0.2) is 4.39 Å². The average Bonchev–Trinajstić information content (AvgIpc) is 2.57. The summed E-state index contributed by atoms with van der Waals surface area (Å²) in [7, 11) is 0. The number of halogens is 1. The first-order valence-corrected chi connectivity index (χ1v) is 7.92. The molecule has 26 heavy (non-hydrogen) atoms. The van der Waals surface area contributed by atoms with Gasteiger partial charge >= 0.3 is 0 Å². The summed E-state index contributed by atoms with van der Waals surface area (Å²) in [5.41, 5.74) is 0.729. The van der Waals surface area contributed by atoms with Crippen LogP contribution in [0.3, 0.4) is 0 Å². The largest absolute Gasteiger partial charge is 0.507 e. The molecular formula is C20H17FO5. The molecule has 1 aromatic heterocycles. The van der Waals surface area contributed by atoms with Crippen molar-refractivity contribution in [1.29, 1.82) is 0 Å². The van der Waals surface area contributed by atoms with Crippen LogP contribution in [-0.2, 0) is 6.42 Å². The van der Waals surface area contributed by atoms with E-state index in [1.54, 1.807) is 0 Å². The third-order valence-electron chi connectivity index (χ3n) is 4.02. The van der Waals surface area contributed by atoms with Crippen LogP contribution in [0.1, 0.15) is 19.4 Å². The number of hydrogen-bond acceptors (Lipinski definition) is 5. The van der Waals surface area contributed by atoms with Crippen LogP contribution in [0.5, 0.6) is 17.2 Å². The van der Waals surface area contributed by atoms with Gasteiger partial charge in [-0.3, -0.25) is 4.79 Å². The molecule has 3 aromatic rings. The molecule has 0 radical (unpaired) electrons. The highest BCUT2D eigenvalue weighted by Crippen LogP contribution is 2.38. The van der Waals surface area contributed by atoms with Crippen LogP contribution in [0.15, 0.2) is 51.2 Å². The van der Waals surface area contributed by atoms with Crippen LogP contribution in [0.25, 0.3) is 22.3 Å². The van der Waals surface area contributed by atoms with E-state index in [2.05, 4.69) is 0 Å². The van der Waals surface area contributed by atoms with Crippen LogP contribution in [0.2, 0.25) is 0 Å². The maximum Gasteiger partial charge on any atom is 0.238 e. The van der Waals surface area contributed by atoms with Gasteiger partial charge in [0.2, 0.25) is 11.2 Å². The summed E-state index contributed by atoms with van der Waals surface area (Å²) in [6.45, 7) is 3.76. The number of hydrogen-bond donors (Lipinski definition) is 3. The van der Waals surface area contributed by atoms with E-state index in [1.165, 1.54) is 24.3 Å². The second kappa shape index (κ2) is 6.55. The standard InChI is InChI=1S/C20H17FO5/c1-10(2)3-8-13-14(22)9-15(23)16-17(24)18(25)19(26-20(13)16)11-4-6-12(21)7-5-11/h3-7,9,22-23,25H,8H2,1-2H3. The quantitative estimate of drug-likeness (QED) is 0.611. The molecule has 0 amide bonds. The third-order valence-corrected chi connectivity index (χ3v) is 4.02. The first-order valence-electron chi connectivity index (χ1n) is 7.92. The molecule has 0 spiro atoms. The highest BCUT2D eigenvalue weighted by molar-refractivity contribution is 5.91. The summed E-state index contributed by atoms with van der Waals surface area (Å²) in [4.78, 5) is 12.6. The Morgan fingerprint density at radius 2 is 1.77 bits per heavy atom. The van der Waals surface area contributed by atoms with E-state index in [0.717, 1.165) is 11.6 Å².